The molecule has 14 heavy (non-hydrogen) atoms. The van der Waals surface area contributed by atoms with Crippen LogP contribution in [0, 0.1) is 6.92 Å². The molecule has 1 nitrogen and oxygen atoms in total. The van der Waals surface area contributed by atoms with Gasteiger partial charge >= 0.3 is 0 Å². The first-order valence-electron chi connectivity index (χ1n) is 5.41. The molecule has 0 aromatic heterocycles. The van der Waals surface area contributed by atoms with E-state index >= 15 is 0 Å². The molecule has 0 spiro atoms. The molecule has 2 atom stereocenters. The lowest BCUT2D eigenvalue weighted by atomic mass is 9.92. The zero-order valence-corrected chi connectivity index (χ0v) is 8.99. The Morgan fingerprint density at radius 2 is 2.00 bits per heavy atom. The van der Waals surface area contributed by atoms with Crippen molar-refractivity contribution in [3.8, 4) is 0 Å². The Kier molecular flexibility index (Phi) is 2.87. The molecular weight excluding hydrogens is 172 g/mol. The molecule has 1 aromatic rings. The van der Waals surface area contributed by atoms with Gasteiger partial charge in [0.1, 0.15) is 0 Å². The van der Waals surface area contributed by atoms with Crippen molar-refractivity contribution in [2.75, 3.05) is 7.11 Å². The van der Waals surface area contributed by atoms with Gasteiger partial charge in [0.05, 0.1) is 6.10 Å². The third-order valence-electron chi connectivity index (χ3n) is 3.34. The van der Waals surface area contributed by atoms with Gasteiger partial charge in [-0.05, 0) is 30.9 Å². The number of hydrogen-bond acceptors (Lipinski definition) is 1. The van der Waals surface area contributed by atoms with Gasteiger partial charge in [0.25, 0.3) is 0 Å². The van der Waals surface area contributed by atoms with Crippen LogP contribution in [0.2, 0.25) is 0 Å². The van der Waals surface area contributed by atoms with Crippen molar-refractivity contribution >= 4 is 0 Å². The van der Waals surface area contributed by atoms with Gasteiger partial charge in [-0.2, -0.15) is 0 Å². The molecule has 2 rings (SSSR count). The molecule has 0 radical (unpaired) electrons. The predicted octanol–water partition coefficient (Wildman–Crippen LogP) is 3.28. The maximum Gasteiger partial charge on any atom is 0.0639 e. The molecule has 1 aliphatic carbocycles. The summed E-state index contributed by atoms with van der Waals surface area (Å²) in [6.45, 7) is 2.19. The van der Waals surface area contributed by atoms with Gasteiger partial charge in [-0.1, -0.05) is 30.7 Å². The fourth-order valence-corrected chi connectivity index (χ4v) is 2.57. The van der Waals surface area contributed by atoms with Crippen LogP contribution in [0.5, 0.6) is 0 Å². The van der Waals surface area contributed by atoms with Crippen LogP contribution in [0.4, 0.5) is 0 Å². The number of ether oxygens (including phenoxy) is 1. The topological polar surface area (TPSA) is 9.23 Å². The van der Waals surface area contributed by atoms with E-state index in [0.717, 1.165) is 0 Å². The van der Waals surface area contributed by atoms with Gasteiger partial charge in [-0.15, -0.1) is 0 Å². The predicted molar refractivity (Wildman–Crippen MR) is 58.6 cm³/mol. The van der Waals surface area contributed by atoms with Crippen molar-refractivity contribution in [2.24, 2.45) is 0 Å². The Balaban J connectivity index is 2.26. The molecule has 0 heterocycles. The number of hydrogen-bond donors (Lipinski definition) is 0. The van der Waals surface area contributed by atoms with Gasteiger partial charge in [0.2, 0.25) is 0 Å². The quantitative estimate of drug-likeness (QED) is 0.695. The van der Waals surface area contributed by atoms with E-state index in [4.69, 9.17) is 4.74 Å². The molecule has 0 amide bonds. The summed E-state index contributed by atoms with van der Waals surface area (Å²) in [6, 6.07) is 8.68. The van der Waals surface area contributed by atoms with Crippen LogP contribution in [0.25, 0.3) is 0 Å². The van der Waals surface area contributed by atoms with Gasteiger partial charge in [0.15, 0.2) is 0 Å². The van der Waals surface area contributed by atoms with E-state index in [1.165, 1.54) is 30.4 Å². The van der Waals surface area contributed by atoms with Gasteiger partial charge in [-0.25, -0.2) is 0 Å². The Labute approximate surface area is 86.1 Å². The van der Waals surface area contributed by atoms with Crippen LogP contribution in [-0.4, -0.2) is 13.2 Å². The second-order valence-electron chi connectivity index (χ2n) is 4.17. The highest BCUT2D eigenvalue weighted by Crippen LogP contribution is 2.37. The average Bonchev–Trinajstić information content (AvgIpc) is 2.66. The summed E-state index contributed by atoms with van der Waals surface area (Å²) >= 11 is 0. The second-order valence-corrected chi connectivity index (χ2v) is 4.17. The monoisotopic (exact) mass is 190 g/mol. The molecule has 76 valence electrons. The molecule has 1 aliphatic rings. The molecule has 0 aliphatic heterocycles. The van der Waals surface area contributed by atoms with Gasteiger partial charge < -0.3 is 4.74 Å². The zero-order valence-electron chi connectivity index (χ0n) is 8.99. The molecule has 0 N–H and O–H groups in total. The number of methoxy groups -OCH3 is 1. The first kappa shape index (κ1) is 9.72. The van der Waals surface area contributed by atoms with Crippen molar-refractivity contribution in [3.05, 3.63) is 35.4 Å². The van der Waals surface area contributed by atoms with Crippen LogP contribution >= 0.6 is 0 Å². The van der Waals surface area contributed by atoms with E-state index in [9.17, 15) is 0 Å². The smallest absolute Gasteiger partial charge is 0.0639 e. The highest BCUT2D eigenvalue weighted by molar-refractivity contribution is 5.30. The molecule has 1 heteroatoms. The van der Waals surface area contributed by atoms with Crippen LogP contribution in [0.1, 0.15) is 36.3 Å². The lowest BCUT2D eigenvalue weighted by Crippen LogP contribution is -2.15. The minimum absolute atomic E-state index is 0.441. The Hall–Kier alpha value is -0.820. The lowest BCUT2D eigenvalue weighted by Gasteiger charge is -2.20. The summed E-state index contributed by atoms with van der Waals surface area (Å²) in [7, 11) is 1.83. The summed E-state index contributed by atoms with van der Waals surface area (Å²) in [4.78, 5) is 0. The van der Waals surface area contributed by atoms with Crippen LogP contribution in [0.3, 0.4) is 0 Å². The largest absolute Gasteiger partial charge is 0.381 e. The van der Waals surface area contributed by atoms with E-state index in [1.54, 1.807) is 0 Å². The molecule has 1 unspecified atom stereocenters. The van der Waals surface area contributed by atoms with Crippen LogP contribution in [0.15, 0.2) is 24.3 Å². The zero-order chi connectivity index (χ0) is 9.97. The molecular formula is C13H18O. The van der Waals surface area contributed by atoms with E-state index in [0.29, 0.717) is 12.0 Å². The second kappa shape index (κ2) is 4.14. The molecule has 1 aromatic carbocycles. The highest BCUT2D eigenvalue weighted by Gasteiger charge is 2.28. The van der Waals surface area contributed by atoms with Gasteiger partial charge in [-0.3, -0.25) is 0 Å². The standard InChI is InChI=1S/C13H18O/c1-10-6-3-4-7-11(10)12-8-5-9-13(12)14-2/h3-4,6-7,12-13H,5,8-9H2,1-2H3/t12?,13-/m0/s1. The minimum atomic E-state index is 0.441. The first-order chi connectivity index (χ1) is 6.83. The normalized spacial score (nSPS) is 26.7. The van der Waals surface area contributed by atoms with E-state index in [1.807, 2.05) is 7.11 Å². The van der Waals surface area contributed by atoms with Crippen molar-refractivity contribution in [1.29, 1.82) is 0 Å². The average molecular weight is 190 g/mol. The third-order valence-corrected chi connectivity index (χ3v) is 3.34. The van der Waals surface area contributed by atoms with E-state index in [-0.39, 0.29) is 0 Å². The highest BCUT2D eigenvalue weighted by atomic mass is 16.5. The van der Waals surface area contributed by atoms with Crippen molar-refractivity contribution in [3.63, 3.8) is 0 Å². The summed E-state index contributed by atoms with van der Waals surface area (Å²) in [5.74, 6) is 0.626. The third kappa shape index (κ3) is 1.69. The summed E-state index contributed by atoms with van der Waals surface area (Å²) in [5, 5.41) is 0. The van der Waals surface area contributed by atoms with Crippen molar-refractivity contribution in [2.45, 2.75) is 38.2 Å². The SMILES string of the molecule is CO[C@H]1CCCC1c1ccccc1C. The van der Waals surface area contributed by atoms with Crippen molar-refractivity contribution in [1.82, 2.24) is 0 Å². The maximum atomic E-state index is 5.53. The number of aryl methyl sites for hydroxylation is 1. The van der Waals surface area contributed by atoms with Crippen molar-refractivity contribution < 1.29 is 4.74 Å². The Morgan fingerprint density at radius 1 is 1.21 bits per heavy atom. The Morgan fingerprint density at radius 3 is 2.71 bits per heavy atom. The number of rotatable bonds is 2. The maximum absolute atomic E-state index is 5.53. The van der Waals surface area contributed by atoms with Crippen LogP contribution in [-0.2, 0) is 4.74 Å². The molecule has 1 fully saturated rings. The lowest BCUT2D eigenvalue weighted by molar-refractivity contribution is 0.0944. The fourth-order valence-electron chi connectivity index (χ4n) is 2.57. The van der Waals surface area contributed by atoms with E-state index < -0.39 is 0 Å². The molecule has 1 saturated carbocycles. The minimum Gasteiger partial charge on any atom is -0.381 e. The summed E-state index contributed by atoms with van der Waals surface area (Å²) in [5.41, 5.74) is 2.89. The number of benzene rings is 1. The first-order valence-corrected chi connectivity index (χ1v) is 5.41. The van der Waals surface area contributed by atoms with E-state index in [2.05, 4.69) is 31.2 Å². The van der Waals surface area contributed by atoms with Crippen LogP contribution < -0.4 is 0 Å². The Bertz CT molecular complexity index is 306. The fraction of sp³-hybridized carbons (Fsp3) is 0.538. The molecule has 0 bridgehead atoms. The molecule has 0 saturated heterocycles. The summed E-state index contributed by atoms with van der Waals surface area (Å²) in [6.07, 6.45) is 4.24. The summed E-state index contributed by atoms with van der Waals surface area (Å²) < 4.78 is 5.53. The van der Waals surface area contributed by atoms with Gasteiger partial charge in [0, 0.05) is 13.0 Å².